The van der Waals surface area contributed by atoms with Crippen molar-refractivity contribution in [2.75, 3.05) is 37.6 Å². The number of benzene rings is 1. The highest BCUT2D eigenvalue weighted by atomic mass is 19.1. The lowest BCUT2D eigenvalue weighted by molar-refractivity contribution is -0.0594. The van der Waals surface area contributed by atoms with Crippen LogP contribution in [0.4, 0.5) is 10.2 Å². The molecule has 222 valence electrons. The molecule has 1 spiro atoms. The molecule has 0 radical (unpaired) electrons. The van der Waals surface area contributed by atoms with E-state index in [1.807, 2.05) is 20.8 Å². The Morgan fingerprint density at radius 2 is 1.95 bits per heavy atom. The molecule has 2 saturated heterocycles. The molecule has 41 heavy (non-hydrogen) atoms. The summed E-state index contributed by atoms with van der Waals surface area (Å²) >= 11 is 0. The molecule has 0 saturated carbocycles. The Labute approximate surface area is 241 Å². The van der Waals surface area contributed by atoms with Crippen molar-refractivity contribution in [1.82, 2.24) is 25.0 Å². The Hall–Kier alpha value is -3.47. The Morgan fingerprint density at radius 3 is 2.63 bits per heavy atom. The number of hydrogen-bond donors (Lipinski definition) is 0. The lowest BCUT2D eigenvalue weighted by Gasteiger charge is -2.53. The maximum Gasteiger partial charge on any atom is 0.282 e. The summed E-state index contributed by atoms with van der Waals surface area (Å²) in [4.78, 5) is 24.3. The summed E-state index contributed by atoms with van der Waals surface area (Å²) < 4.78 is 31.4. The van der Waals surface area contributed by atoms with Gasteiger partial charge >= 0.3 is 0 Å². The van der Waals surface area contributed by atoms with E-state index in [0.717, 1.165) is 45.4 Å². The number of amides is 1. The van der Waals surface area contributed by atoms with Crippen molar-refractivity contribution in [2.45, 2.75) is 72.3 Å². The standard InChI is InChI=1S/C30H41FN6O4/c1-6-37(21(4)5)29(38)23-15-22(31)7-9-25(23)41-28-27(32-19-33-34-28)35-12-11-30(16-35)17-36(18-30)24(20(2)3)8-10-26-39-13-14-40-26/h7,9,13-15,19-21,24,26H,6,8,10-12,16-18H2,1-5H3/t24-/m0/s1. The maximum absolute atomic E-state index is 14.2. The predicted octanol–water partition coefficient (Wildman–Crippen LogP) is 4.83. The molecule has 0 bridgehead atoms. The SMILES string of the molecule is CCN(C(=O)c1cc(F)ccc1Oc1nncnc1N1CCC2(C1)CN([C@@H](CCC1OC=CO1)C(C)C)C2)C(C)C. The number of anilines is 1. The first-order chi connectivity index (χ1) is 19.7. The summed E-state index contributed by atoms with van der Waals surface area (Å²) in [5.41, 5.74) is 0.321. The van der Waals surface area contributed by atoms with Crippen molar-refractivity contribution in [1.29, 1.82) is 0 Å². The normalized spacial score (nSPS) is 19.0. The van der Waals surface area contributed by atoms with Crippen molar-refractivity contribution in [3.63, 3.8) is 0 Å². The number of ether oxygens (including phenoxy) is 3. The average Bonchev–Trinajstić information content (AvgIpc) is 3.60. The molecular weight excluding hydrogens is 527 g/mol. The molecule has 11 heteroatoms. The molecule has 2 aromatic rings. The summed E-state index contributed by atoms with van der Waals surface area (Å²) in [5.74, 6) is 0.739. The molecule has 4 heterocycles. The van der Waals surface area contributed by atoms with E-state index in [9.17, 15) is 9.18 Å². The number of aromatic nitrogens is 3. The van der Waals surface area contributed by atoms with Gasteiger partial charge < -0.3 is 24.0 Å². The third-order valence-electron chi connectivity index (χ3n) is 8.44. The zero-order valence-corrected chi connectivity index (χ0v) is 24.6. The average molecular weight is 569 g/mol. The van der Waals surface area contributed by atoms with Crippen LogP contribution in [0.3, 0.4) is 0 Å². The molecule has 5 rings (SSSR count). The highest BCUT2D eigenvalue weighted by Gasteiger charge is 2.50. The van der Waals surface area contributed by atoms with E-state index in [1.54, 1.807) is 17.4 Å². The lowest BCUT2D eigenvalue weighted by atomic mass is 9.76. The second kappa shape index (κ2) is 12.2. The predicted molar refractivity (Wildman–Crippen MR) is 152 cm³/mol. The second-order valence-corrected chi connectivity index (χ2v) is 12.0. The summed E-state index contributed by atoms with van der Waals surface area (Å²) in [5, 5.41) is 8.17. The number of rotatable bonds is 11. The van der Waals surface area contributed by atoms with Crippen LogP contribution in [0.15, 0.2) is 37.1 Å². The monoisotopic (exact) mass is 568 g/mol. The van der Waals surface area contributed by atoms with E-state index in [4.69, 9.17) is 14.2 Å². The van der Waals surface area contributed by atoms with Gasteiger partial charge in [-0.3, -0.25) is 9.69 Å². The zero-order chi connectivity index (χ0) is 29.1. The van der Waals surface area contributed by atoms with E-state index < -0.39 is 5.82 Å². The van der Waals surface area contributed by atoms with Crippen LogP contribution in [0.1, 0.15) is 64.2 Å². The van der Waals surface area contributed by atoms with Crippen LogP contribution in [0, 0.1) is 17.2 Å². The van der Waals surface area contributed by atoms with Crippen LogP contribution < -0.4 is 9.64 Å². The molecule has 2 fully saturated rings. The smallest absolute Gasteiger partial charge is 0.282 e. The Bertz CT molecular complexity index is 1240. The highest BCUT2D eigenvalue weighted by molar-refractivity contribution is 5.97. The largest absolute Gasteiger partial charge is 0.459 e. The summed E-state index contributed by atoms with van der Waals surface area (Å²) in [6, 6.07) is 4.38. The first kappa shape index (κ1) is 29.0. The van der Waals surface area contributed by atoms with Crippen LogP contribution >= 0.6 is 0 Å². The van der Waals surface area contributed by atoms with Gasteiger partial charge in [0.05, 0.1) is 5.56 Å². The highest BCUT2D eigenvalue weighted by Crippen LogP contribution is 2.44. The van der Waals surface area contributed by atoms with Crippen molar-refractivity contribution < 1.29 is 23.4 Å². The van der Waals surface area contributed by atoms with Crippen LogP contribution in [0.25, 0.3) is 0 Å². The molecule has 3 aliphatic heterocycles. The second-order valence-electron chi connectivity index (χ2n) is 12.0. The molecule has 3 aliphatic rings. The van der Waals surface area contributed by atoms with E-state index in [1.165, 1.54) is 24.5 Å². The van der Waals surface area contributed by atoms with E-state index in [2.05, 4.69) is 38.8 Å². The maximum atomic E-state index is 14.2. The molecule has 1 amide bonds. The Balaban J connectivity index is 1.27. The van der Waals surface area contributed by atoms with Gasteiger partial charge in [-0.2, -0.15) is 0 Å². The van der Waals surface area contributed by atoms with E-state index >= 15 is 0 Å². The topological polar surface area (TPSA) is 93.2 Å². The van der Waals surface area contributed by atoms with Gasteiger partial charge in [0.15, 0.2) is 5.82 Å². The van der Waals surface area contributed by atoms with Gasteiger partial charge in [0, 0.05) is 56.6 Å². The van der Waals surface area contributed by atoms with Crippen LogP contribution in [0.5, 0.6) is 11.6 Å². The van der Waals surface area contributed by atoms with Crippen LogP contribution in [0.2, 0.25) is 0 Å². The summed E-state index contributed by atoms with van der Waals surface area (Å²) in [7, 11) is 0. The first-order valence-electron chi connectivity index (χ1n) is 14.6. The van der Waals surface area contributed by atoms with Gasteiger partial charge in [0.1, 0.15) is 30.4 Å². The van der Waals surface area contributed by atoms with Crippen molar-refractivity contribution >= 4 is 11.7 Å². The van der Waals surface area contributed by atoms with Crippen molar-refractivity contribution in [2.24, 2.45) is 11.3 Å². The number of likely N-dealkylation sites (tertiary alicyclic amines) is 1. The number of hydrogen-bond acceptors (Lipinski definition) is 9. The van der Waals surface area contributed by atoms with E-state index in [0.29, 0.717) is 24.3 Å². The van der Waals surface area contributed by atoms with E-state index in [-0.39, 0.29) is 40.8 Å². The number of halogens is 1. The van der Waals surface area contributed by atoms with Crippen LogP contribution in [-0.2, 0) is 9.47 Å². The fraction of sp³-hybridized carbons (Fsp3) is 0.600. The minimum atomic E-state index is -0.506. The van der Waals surface area contributed by atoms with Crippen molar-refractivity contribution in [3.8, 4) is 11.6 Å². The molecule has 1 aromatic carbocycles. The molecular formula is C30H41FN6O4. The number of carbonyl (C=O) groups excluding carboxylic acids is 1. The van der Waals surface area contributed by atoms with Gasteiger partial charge in [-0.05, 0) is 57.7 Å². The summed E-state index contributed by atoms with van der Waals surface area (Å²) in [6.07, 6.45) is 7.37. The molecule has 1 atom stereocenters. The minimum Gasteiger partial charge on any atom is -0.459 e. The van der Waals surface area contributed by atoms with Crippen LogP contribution in [-0.4, -0.2) is 82.0 Å². The zero-order valence-electron chi connectivity index (χ0n) is 24.6. The number of carbonyl (C=O) groups is 1. The fourth-order valence-corrected chi connectivity index (χ4v) is 6.38. The first-order valence-corrected chi connectivity index (χ1v) is 14.6. The van der Waals surface area contributed by atoms with Gasteiger partial charge in [0.25, 0.3) is 11.8 Å². The molecule has 0 N–H and O–H groups in total. The van der Waals surface area contributed by atoms with Crippen molar-refractivity contribution in [3.05, 3.63) is 48.4 Å². The number of nitrogens with zero attached hydrogens (tertiary/aromatic N) is 6. The Morgan fingerprint density at radius 1 is 1.20 bits per heavy atom. The fourth-order valence-electron chi connectivity index (χ4n) is 6.38. The van der Waals surface area contributed by atoms with Gasteiger partial charge in [-0.15, -0.1) is 10.2 Å². The van der Waals surface area contributed by atoms with Gasteiger partial charge in [-0.1, -0.05) is 13.8 Å². The minimum absolute atomic E-state index is 0.0446. The molecule has 0 aliphatic carbocycles. The van der Waals surface area contributed by atoms with Gasteiger partial charge in [-0.25, -0.2) is 9.37 Å². The third-order valence-corrected chi connectivity index (χ3v) is 8.44. The third kappa shape index (κ3) is 6.24. The molecule has 0 unspecified atom stereocenters. The lowest BCUT2D eigenvalue weighted by Crippen LogP contribution is -2.62. The molecule has 10 nitrogen and oxygen atoms in total. The Kier molecular flexibility index (Phi) is 8.63. The molecule has 1 aromatic heterocycles. The quantitative estimate of drug-likeness (QED) is 0.378. The summed E-state index contributed by atoms with van der Waals surface area (Å²) in [6.45, 7) is 14.5. The van der Waals surface area contributed by atoms with Gasteiger partial charge in [0.2, 0.25) is 6.29 Å².